The van der Waals surface area contributed by atoms with Gasteiger partial charge in [0.05, 0.1) is 6.04 Å². The molecule has 1 rings (SSSR count). The molecule has 3 N–H and O–H groups in total. The summed E-state index contributed by atoms with van der Waals surface area (Å²) in [5.41, 5.74) is 5.56. The van der Waals surface area contributed by atoms with E-state index in [0.29, 0.717) is 5.84 Å². The quantitative estimate of drug-likeness (QED) is 0.292. The third-order valence-electron chi connectivity index (χ3n) is 2.73. The third-order valence-corrected chi connectivity index (χ3v) is 2.73. The molecule has 1 heterocycles. The second-order valence-electron chi connectivity index (χ2n) is 3.65. The summed E-state index contributed by atoms with van der Waals surface area (Å²) in [6, 6.07) is 0.0723. The van der Waals surface area contributed by atoms with Crippen molar-refractivity contribution >= 4 is 5.84 Å². The lowest BCUT2D eigenvalue weighted by Gasteiger charge is -2.26. The van der Waals surface area contributed by atoms with Crippen LogP contribution in [0.3, 0.4) is 0 Å². The van der Waals surface area contributed by atoms with Crippen molar-refractivity contribution in [3.63, 3.8) is 0 Å². The van der Waals surface area contributed by atoms with Crippen molar-refractivity contribution < 1.29 is 5.21 Å². The first kappa shape index (κ1) is 10.3. The molecule has 0 bridgehead atoms. The van der Waals surface area contributed by atoms with Crippen LogP contribution in [-0.2, 0) is 0 Å². The summed E-state index contributed by atoms with van der Waals surface area (Å²) in [5, 5.41) is 11.6. The first-order chi connectivity index (χ1) is 6.25. The number of likely N-dealkylation sites (tertiary alicyclic amines) is 1. The second-order valence-corrected chi connectivity index (χ2v) is 3.65. The second kappa shape index (κ2) is 5.07. The third kappa shape index (κ3) is 2.88. The van der Waals surface area contributed by atoms with Crippen molar-refractivity contribution in [2.24, 2.45) is 10.9 Å². The predicted octanol–water partition coefficient (Wildman–Crippen LogP) is 0.997. The van der Waals surface area contributed by atoms with Crippen molar-refractivity contribution in [3.8, 4) is 0 Å². The van der Waals surface area contributed by atoms with Crippen LogP contribution in [0, 0.1) is 0 Å². The van der Waals surface area contributed by atoms with Gasteiger partial charge in [-0.25, -0.2) is 0 Å². The van der Waals surface area contributed by atoms with E-state index in [-0.39, 0.29) is 6.04 Å². The van der Waals surface area contributed by atoms with Gasteiger partial charge in [-0.15, -0.1) is 0 Å². The molecule has 0 spiro atoms. The Morgan fingerprint density at radius 3 is 2.31 bits per heavy atom. The number of oxime groups is 1. The maximum atomic E-state index is 8.54. The molecule has 0 radical (unpaired) electrons. The fourth-order valence-corrected chi connectivity index (χ4v) is 1.75. The zero-order valence-corrected chi connectivity index (χ0v) is 8.24. The standard InChI is InChI=1S/C9H19N3O/c1-8(9(10)11-13)12-6-4-2-3-5-7-12/h8,13H,2-7H2,1H3,(H2,10,11). The van der Waals surface area contributed by atoms with Crippen LogP contribution < -0.4 is 5.73 Å². The highest BCUT2D eigenvalue weighted by molar-refractivity contribution is 5.84. The lowest BCUT2D eigenvalue weighted by atomic mass is 10.2. The molecule has 0 amide bonds. The van der Waals surface area contributed by atoms with E-state index in [1.807, 2.05) is 6.92 Å². The number of nitrogens with zero attached hydrogens (tertiary/aromatic N) is 2. The molecular formula is C9H19N3O. The summed E-state index contributed by atoms with van der Waals surface area (Å²) in [7, 11) is 0. The topological polar surface area (TPSA) is 61.9 Å². The Kier molecular flexibility index (Phi) is 4.02. The molecule has 13 heavy (non-hydrogen) atoms. The molecule has 1 atom stereocenters. The Bertz CT molecular complexity index is 174. The molecule has 4 nitrogen and oxygen atoms in total. The van der Waals surface area contributed by atoms with E-state index in [1.165, 1.54) is 25.7 Å². The Morgan fingerprint density at radius 2 is 1.85 bits per heavy atom. The highest BCUT2D eigenvalue weighted by atomic mass is 16.4. The summed E-state index contributed by atoms with van der Waals surface area (Å²) in [6.45, 7) is 4.12. The molecule has 1 unspecified atom stereocenters. The van der Waals surface area contributed by atoms with Gasteiger partial charge in [0.15, 0.2) is 5.84 Å². The molecule has 76 valence electrons. The Morgan fingerprint density at radius 1 is 1.31 bits per heavy atom. The number of hydrogen-bond donors (Lipinski definition) is 2. The highest BCUT2D eigenvalue weighted by Gasteiger charge is 2.18. The summed E-state index contributed by atoms with van der Waals surface area (Å²) < 4.78 is 0. The Balaban J connectivity index is 2.48. The van der Waals surface area contributed by atoms with E-state index in [4.69, 9.17) is 10.9 Å². The van der Waals surface area contributed by atoms with Gasteiger partial charge in [-0.3, -0.25) is 4.90 Å². The highest BCUT2D eigenvalue weighted by Crippen LogP contribution is 2.12. The summed E-state index contributed by atoms with van der Waals surface area (Å²) in [6.07, 6.45) is 5.06. The molecule has 0 saturated carbocycles. The fourth-order valence-electron chi connectivity index (χ4n) is 1.75. The first-order valence-electron chi connectivity index (χ1n) is 4.97. The maximum Gasteiger partial charge on any atom is 0.156 e. The molecule has 4 heteroatoms. The Hall–Kier alpha value is -0.770. The fraction of sp³-hybridized carbons (Fsp3) is 0.889. The molecule has 0 aromatic rings. The van der Waals surface area contributed by atoms with Crippen LogP contribution in [0.2, 0.25) is 0 Å². The molecular weight excluding hydrogens is 166 g/mol. The zero-order chi connectivity index (χ0) is 9.68. The minimum absolute atomic E-state index is 0.0723. The van der Waals surface area contributed by atoms with Crippen LogP contribution in [0.5, 0.6) is 0 Å². The zero-order valence-electron chi connectivity index (χ0n) is 8.24. The largest absolute Gasteiger partial charge is 0.409 e. The van der Waals surface area contributed by atoms with Gasteiger partial charge in [0, 0.05) is 0 Å². The molecule has 0 aromatic heterocycles. The van der Waals surface area contributed by atoms with Crippen molar-refractivity contribution in [2.75, 3.05) is 13.1 Å². The summed E-state index contributed by atoms with van der Waals surface area (Å²) in [5.74, 6) is 0.321. The molecule has 1 aliphatic heterocycles. The van der Waals surface area contributed by atoms with Crippen LogP contribution in [0.1, 0.15) is 32.6 Å². The maximum absolute atomic E-state index is 8.54. The smallest absolute Gasteiger partial charge is 0.156 e. The van der Waals surface area contributed by atoms with E-state index < -0.39 is 0 Å². The van der Waals surface area contributed by atoms with E-state index in [1.54, 1.807) is 0 Å². The van der Waals surface area contributed by atoms with Crippen molar-refractivity contribution in [1.82, 2.24) is 4.90 Å². The van der Waals surface area contributed by atoms with Gasteiger partial charge in [-0.1, -0.05) is 18.0 Å². The average Bonchev–Trinajstić information content (AvgIpc) is 2.43. The predicted molar refractivity (Wildman–Crippen MR) is 52.9 cm³/mol. The van der Waals surface area contributed by atoms with E-state index in [2.05, 4.69) is 10.1 Å². The van der Waals surface area contributed by atoms with Crippen molar-refractivity contribution in [1.29, 1.82) is 0 Å². The lowest BCUT2D eigenvalue weighted by molar-refractivity contribution is 0.251. The number of hydrogen-bond acceptors (Lipinski definition) is 3. The average molecular weight is 185 g/mol. The summed E-state index contributed by atoms with van der Waals surface area (Å²) in [4.78, 5) is 2.28. The van der Waals surface area contributed by atoms with Crippen LogP contribution in [0.4, 0.5) is 0 Å². The SMILES string of the molecule is CC(C(N)=NO)N1CCCCCC1. The van der Waals surface area contributed by atoms with Gasteiger partial charge in [-0.2, -0.15) is 0 Å². The van der Waals surface area contributed by atoms with Gasteiger partial charge >= 0.3 is 0 Å². The Labute approximate surface area is 79.4 Å². The lowest BCUT2D eigenvalue weighted by Crippen LogP contribution is -2.43. The van der Waals surface area contributed by atoms with Crippen LogP contribution in [0.15, 0.2) is 5.16 Å². The molecule has 0 aliphatic carbocycles. The van der Waals surface area contributed by atoms with Crippen molar-refractivity contribution in [2.45, 2.75) is 38.6 Å². The van der Waals surface area contributed by atoms with E-state index >= 15 is 0 Å². The minimum atomic E-state index is 0.0723. The van der Waals surface area contributed by atoms with Gasteiger partial charge in [0.25, 0.3) is 0 Å². The van der Waals surface area contributed by atoms with Gasteiger partial charge < -0.3 is 10.9 Å². The minimum Gasteiger partial charge on any atom is -0.409 e. The molecule has 1 aliphatic rings. The summed E-state index contributed by atoms with van der Waals surface area (Å²) >= 11 is 0. The van der Waals surface area contributed by atoms with Gasteiger partial charge in [-0.05, 0) is 32.9 Å². The number of rotatable bonds is 2. The molecule has 1 saturated heterocycles. The van der Waals surface area contributed by atoms with Crippen LogP contribution in [0.25, 0.3) is 0 Å². The van der Waals surface area contributed by atoms with E-state index in [9.17, 15) is 0 Å². The van der Waals surface area contributed by atoms with Crippen molar-refractivity contribution in [3.05, 3.63) is 0 Å². The monoisotopic (exact) mass is 185 g/mol. The first-order valence-corrected chi connectivity index (χ1v) is 4.97. The molecule has 1 fully saturated rings. The van der Waals surface area contributed by atoms with Crippen LogP contribution in [-0.4, -0.2) is 35.1 Å². The van der Waals surface area contributed by atoms with Crippen LogP contribution >= 0.6 is 0 Å². The number of amidine groups is 1. The van der Waals surface area contributed by atoms with Gasteiger partial charge in [0.1, 0.15) is 0 Å². The van der Waals surface area contributed by atoms with E-state index in [0.717, 1.165) is 13.1 Å². The molecule has 0 aromatic carbocycles. The number of nitrogens with two attached hydrogens (primary N) is 1. The van der Waals surface area contributed by atoms with Gasteiger partial charge in [0.2, 0.25) is 0 Å². The normalized spacial score (nSPS) is 23.9.